The van der Waals surface area contributed by atoms with Gasteiger partial charge in [-0.3, -0.25) is 5.32 Å². The Bertz CT molecular complexity index is 728. The molecule has 0 aliphatic heterocycles. The van der Waals surface area contributed by atoms with E-state index in [1.54, 1.807) is 0 Å². The molecule has 6 heteroatoms. The molecule has 1 aliphatic rings. The second-order valence-electron chi connectivity index (χ2n) is 5.42. The van der Waals surface area contributed by atoms with E-state index in [2.05, 4.69) is 10.1 Å². The van der Waals surface area contributed by atoms with Gasteiger partial charge in [-0.05, 0) is 22.3 Å². The number of rotatable bonds is 5. The van der Waals surface area contributed by atoms with Crippen LogP contribution in [-0.4, -0.2) is 37.1 Å². The van der Waals surface area contributed by atoms with E-state index < -0.39 is 18.3 Å². The first-order valence-corrected chi connectivity index (χ1v) is 7.49. The Labute approximate surface area is 139 Å². The minimum Gasteiger partial charge on any atom is -0.478 e. The van der Waals surface area contributed by atoms with Gasteiger partial charge in [0.2, 0.25) is 6.23 Å². The van der Waals surface area contributed by atoms with Gasteiger partial charge in [-0.15, -0.1) is 0 Å². The van der Waals surface area contributed by atoms with E-state index in [1.807, 2.05) is 48.5 Å². The van der Waals surface area contributed by atoms with Crippen molar-refractivity contribution in [2.45, 2.75) is 12.1 Å². The number of hydrogen-bond acceptors (Lipinski definition) is 4. The van der Waals surface area contributed by atoms with Gasteiger partial charge < -0.3 is 14.6 Å². The fourth-order valence-corrected chi connectivity index (χ4v) is 2.97. The van der Waals surface area contributed by atoms with E-state index in [1.165, 1.54) is 7.11 Å². The van der Waals surface area contributed by atoms with Gasteiger partial charge in [0.25, 0.3) is 0 Å². The van der Waals surface area contributed by atoms with Gasteiger partial charge in [-0.2, -0.15) is 0 Å². The number of alkyl carbamates (subject to hydrolysis) is 1. The summed E-state index contributed by atoms with van der Waals surface area (Å²) in [5, 5.41) is 11.0. The van der Waals surface area contributed by atoms with Gasteiger partial charge in [0.1, 0.15) is 6.61 Å². The number of nitrogens with one attached hydrogen (secondary N) is 1. The summed E-state index contributed by atoms with van der Waals surface area (Å²) in [5.74, 6) is -1.36. The molecule has 1 amide bonds. The molecule has 2 aromatic rings. The molecule has 24 heavy (non-hydrogen) atoms. The van der Waals surface area contributed by atoms with Crippen molar-refractivity contribution in [2.75, 3.05) is 13.7 Å². The lowest BCUT2D eigenvalue weighted by Gasteiger charge is -2.16. The van der Waals surface area contributed by atoms with Crippen molar-refractivity contribution in [1.82, 2.24) is 5.32 Å². The lowest BCUT2D eigenvalue weighted by Crippen LogP contribution is -2.42. The fourth-order valence-electron chi connectivity index (χ4n) is 2.97. The SMILES string of the molecule is COC(NC(=O)OCC1c2ccccc2-c2ccccc21)C(=O)O. The van der Waals surface area contributed by atoms with Crippen molar-refractivity contribution in [1.29, 1.82) is 0 Å². The quantitative estimate of drug-likeness (QED) is 0.825. The Hall–Kier alpha value is -2.86. The van der Waals surface area contributed by atoms with Gasteiger partial charge in [0, 0.05) is 13.0 Å². The first-order chi connectivity index (χ1) is 11.6. The summed E-state index contributed by atoms with van der Waals surface area (Å²) < 4.78 is 9.88. The largest absolute Gasteiger partial charge is 0.478 e. The zero-order chi connectivity index (χ0) is 17.1. The summed E-state index contributed by atoms with van der Waals surface area (Å²) in [6.07, 6.45) is -2.26. The number of carbonyl (C=O) groups excluding carboxylic acids is 1. The van der Waals surface area contributed by atoms with Crippen molar-refractivity contribution in [3.63, 3.8) is 0 Å². The molecule has 124 valence electrons. The summed E-state index contributed by atoms with van der Waals surface area (Å²) in [6.45, 7) is 0.121. The molecular weight excluding hydrogens is 310 g/mol. The van der Waals surface area contributed by atoms with E-state index in [0.29, 0.717) is 0 Å². The highest BCUT2D eigenvalue weighted by Gasteiger charge is 2.29. The molecule has 0 spiro atoms. The number of ether oxygens (including phenoxy) is 2. The highest BCUT2D eigenvalue weighted by Crippen LogP contribution is 2.44. The molecule has 0 saturated heterocycles. The molecule has 1 aliphatic carbocycles. The van der Waals surface area contributed by atoms with Crippen LogP contribution in [0.15, 0.2) is 48.5 Å². The first-order valence-electron chi connectivity index (χ1n) is 7.49. The third kappa shape index (κ3) is 2.96. The van der Waals surface area contributed by atoms with Crippen LogP contribution in [0.5, 0.6) is 0 Å². The highest BCUT2D eigenvalue weighted by atomic mass is 16.6. The van der Waals surface area contributed by atoms with Crippen LogP contribution in [0.4, 0.5) is 4.79 Å². The van der Waals surface area contributed by atoms with E-state index in [-0.39, 0.29) is 12.5 Å². The number of carbonyl (C=O) groups is 2. The maximum absolute atomic E-state index is 11.8. The minimum absolute atomic E-state index is 0.0750. The summed E-state index contributed by atoms with van der Waals surface area (Å²) >= 11 is 0. The Kier molecular flexibility index (Phi) is 4.48. The van der Waals surface area contributed by atoms with Crippen molar-refractivity contribution >= 4 is 12.1 Å². The maximum atomic E-state index is 11.8. The third-order valence-corrected chi connectivity index (χ3v) is 4.05. The highest BCUT2D eigenvalue weighted by molar-refractivity contribution is 5.80. The van der Waals surface area contributed by atoms with Gasteiger partial charge in [0.05, 0.1) is 0 Å². The molecule has 3 rings (SSSR count). The van der Waals surface area contributed by atoms with Gasteiger partial charge in [-0.1, -0.05) is 48.5 Å². The third-order valence-electron chi connectivity index (χ3n) is 4.05. The number of benzene rings is 2. The zero-order valence-corrected chi connectivity index (χ0v) is 13.1. The number of methoxy groups -OCH3 is 1. The minimum atomic E-state index is -1.43. The van der Waals surface area contributed by atoms with Crippen molar-refractivity contribution < 1.29 is 24.2 Å². The summed E-state index contributed by atoms with van der Waals surface area (Å²) in [4.78, 5) is 22.7. The molecule has 0 bridgehead atoms. The predicted molar refractivity (Wildman–Crippen MR) is 86.6 cm³/mol. The Balaban J connectivity index is 1.74. The summed E-state index contributed by atoms with van der Waals surface area (Å²) in [6, 6.07) is 15.9. The predicted octanol–water partition coefficient (Wildman–Crippen LogP) is 2.58. The molecule has 0 fully saturated rings. The number of aliphatic carboxylic acids is 1. The van der Waals surface area contributed by atoms with Gasteiger partial charge in [-0.25, -0.2) is 9.59 Å². The van der Waals surface area contributed by atoms with E-state index in [0.717, 1.165) is 22.3 Å². The second-order valence-corrected chi connectivity index (χ2v) is 5.42. The zero-order valence-electron chi connectivity index (χ0n) is 13.1. The molecule has 0 aromatic heterocycles. The molecule has 1 unspecified atom stereocenters. The van der Waals surface area contributed by atoms with Crippen LogP contribution < -0.4 is 5.32 Å². The second kappa shape index (κ2) is 6.72. The lowest BCUT2D eigenvalue weighted by molar-refractivity contribution is -0.150. The van der Waals surface area contributed by atoms with Gasteiger partial charge >= 0.3 is 12.1 Å². The Morgan fingerprint density at radius 2 is 1.62 bits per heavy atom. The molecule has 0 heterocycles. The van der Waals surface area contributed by atoms with Crippen molar-refractivity contribution in [2.24, 2.45) is 0 Å². The van der Waals surface area contributed by atoms with Crippen molar-refractivity contribution in [3.8, 4) is 11.1 Å². The molecule has 0 radical (unpaired) electrons. The number of hydrogen-bond donors (Lipinski definition) is 2. The van der Waals surface area contributed by atoms with Crippen LogP contribution in [0.1, 0.15) is 17.0 Å². The number of carboxylic acids is 1. The average molecular weight is 327 g/mol. The monoisotopic (exact) mass is 327 g/mol. The van der Waals surface area contributed by atoms with Crippen LogP contribution in [0.2, 0.25) is 0 Å². The molecule has 6 nitrogen and oxygen atoms in total. The van der Waals surface area contributed by atoms with Gasteiger partial charge in [0.15, 0.2) is 0 Å². The molecule has 0 saturated carbocycles. The van der Waals surface area contributed by atoms with E-state index >= 15 is 0 Å². The van der Waals surface area contributed by atoms with Crippen LogP contribution in [0.25, 0.3) is 11.1 Å². The van der Waals surface area contributed by atoms with Crippen LogP contribution in [-0.2, 0) is 14.3 Å². The molecular formula is C18H17NO5. The number of carboxylic acid groups (broad SMARTS) is 1. The Morgan fingerprint density at radius 3 is 2.12 bits per heavy atom. The number of amides is 1. The fraction of sp³-hybridized carbons (Fsp3) is 0.222. The van der Waals surface area contributed by atoms with E-state index in [4.69, 9.17) is 9.84 Å². The normalized spacial score (nSPS) is 13.7. The smallest absolute Gasteiger partial charge is 0.409 e. The summed E-state index contributed by atoms with van der Waals surface area (Å²) in [5.41, 5.74) is 4.44. The molecule has 2 aromatic carbocycles. The van der Waals surface area contributed by atoms with Crippen LogP contribution in [0.3, 0.4) is 0 Å². The number of fused-ring (bicyclic) bond motifs is 3. The standard InChI is InChI=1S/C18H17NO5/c1-23-16(17(20)21)19-18(22)24-10-15-13-8-4-2-6-11(13)12-7-3-5-9-14(12)15/h2-9,15-16H,10H2,1H3,(H,19,22)(H,20,21). The first kappa shape index (κ1) is 16.0. The maximum Gasteiger partial charge on any atom is 0.409 e. The van der Waals surface area contributed by atoms with Crippen molar-refractivity contribution in [3.05, 3.63) is 59.7 Å². The van der Waals surface area contributed by atoms with E-state index in [9.17, 15) is 9.59 Å². The molecule has 2 N–H and O–H groups in total. The summed E-state index contributed by atoms with van der Waals surface area (Å²) in [7, 11) is 1.20. The molecule has 1 atom stereocenters. The van der Waals surface area contributed by atoms with Crippen LogP contribution >= 0.6 is 0 Å². The lowest BCUT2D eigenvalue weighted by atomic mass is 9.98. The topological polar surface area (TPSA) is 84.9 Å². The Morgan fingerprint density at radius 1 is 1.08 bits per heavy atom. The van der Waals surface area contributed by atoms with Crippen LogP contribution in [0, 0.1) is 0 Å². The average Bonchev–Trinajstić information content (AvgIpc) is 2.91.